The number of allylic oxidation sites excluding steroid dienone is 8. The molecule has 0 saturated heterocycles. The van der Waals surface area contributed by atoms with Crippen molar-refractivity contribution in [2.45, 2.75) is 174 Å². The van der Waals surface area contributed by atoms with Crippen molar-refractivity contribution in [3.05, 3.63) is 48.6 Å². The fourth-order valence-electron chi connectivity index (χ4n) is 5.16. The second-order valence-electron chi connectivity index (χ2n) is 13.1. The molecule has 0 heterocycles. The molecule has 0 saturated carbocycles. The van der Waals surface area contributed by atoms with Gasteiger partial charge in [-0.1, -0.05) is 127 Å². The van der Waals surface area contributed by atoms with Gasteiger partial charge in [-0.05, 0) is 77.0 Å². The summed E-state index contributed by atoms with van der Waals surface area (Å²) >= 11 is 0. The predicted molar refractivity (Wildman–Crippen MR) is 210 cm³/mol. The van der Waals surface area contributed by atoms with Crippen LogP contribution in [0.2, 0.25) is 0 Å². The van der Waals surface area contributed by atoms with Crippen molar-refractivity contribution in [3.8, 4) is 0 Å². The molecule has 0 spiro atoms. The standard InChI is InChI=1S/C41H74NO8P/c1-3-5-7-9-11-13-15-17-19-21-23-25-27-29-31-33-40(43)47-37-39(38-49-51(45,46)48-36-35-42)50-41(44)34-32-30-28-26-24-22-20-18-16-14-12-10-8-6-4-2/h17-20,23-26,39H,3-16,21-22,27-38,42H2,1-2H3,(H,45,46)/b19-17-,20-18-,25-23-,26-24-/t39-/m1/s1. The second-order valence-corrected chi connectivity index (χ2v) is 14.6. The highest BCUT2D eigenvalue weighted by atomic mass is 31.2. The number of nitrogens with two attached hydrogens (primary N) is 1. The molecule has 0 amide bonds. The summed E-state index contributed by atoms with van der Waals surface area (Å²) in [6.45, 7) is 3.63. The van der Waals surface area contributed by atoms with Crippen LogP contribution in [0.4, 0.5) is 0 Å². The van der Waals surface area contributed by atoms with Crippen LogP contribution in [-0.2, 0) is 32.7 Å². The molecule has 0 aromatic heterocycles. The summed E-state index contributed by atoms with van der Waals surface area (Å²) in [4.78, 5) is 34.7. The van der Waals surface area contributed by atoms with Crippen LogP contribution in [0.25, 0.3) is 0 Å². The summed E-state index contributed by atoms with van der Waals surface area (Å²) < 4.78 is 32.6. The lowest BCUT2D eigenvalue weighted by Crippen LogP contribution is -2.29. The van der Waals surface area contributed by atoms with E-state index in [1.807, 2.05) is 0 Å². The molecule has 2 atom stereocenters. The number of hydrogen-bond acceptors (Lipinski definition) is 8. The van der Waals surface area contributed by atoms with Crippen molar-refractivity contribution in [2.75, 3.05) is 26.4 Å². The van der Waals surface area contributed by atoms with Gasteiger partial charge in [0, 0.05) is 19.4 Å². The summed E-state index contributed by atoms with van der Waals surface area (Å²) in [5.41, 5.74) is 5.33. The van der Waals surface area contributed by atoms with E-state index in [9.17, 15) is 19.0 Å². The Bertz CT molecular complexity index is 981. The first-order chi connectivity index (χ1) is 24.8. The highest BCUT2D eigenvalue weighted by molar-refractivity contribution is 7.47. The Morgan fingerprint density at radius 2 is 1.02 bits per heavy atom. The average Bonchev–Trinajstić information content (AvgIpc) is 3.11. The second kappa shape index (κ2) is 37.7. The number of carbonyl (C=O) groups is 2. The van der Waals surface area contributed by atoms with E-state index in [1.165, 1.54) is 77.0 Å². The number of carbonyl (C=O) groups excluding carboxylic acids is 2. The summed E-state index contributed by atoms with van der Waals surface area (Å²) in [5.74, 6) is -0.908. The van der Waals surface area contributed by atoms with Crippen LogP contribution in [0.3, 0.4) is 0 Å². The monoisotopic (exact) mass is 740 g/mol. The molecule has 10 heteroatoms. The molecule has 51 heavy (non-hydrogen) atoms. The molecule has 9 nitrogen and oxygen atoms in total. The van der Waals surface area contributed by atoms with Crippen LogP contribution in [0.1, 0.15) is 168 Å². The number of unbranched alkanes of at least 4 members (excludes halogenated alkanes) is 16. The zero-order chi connectivity index (χ0) is 37.5. The lowest BCUT2D eigenvalue weighted by molar-refractivity contribution is -0.161. The van der Waals surface area contributed by atoms with Crippen molar-refractivity contribution in [1.82, 2.24) is 0 Å². The zero-order valence-corrected chi connectivity index (χ0v) is 33.2. The van der Waals surface area contributed by atoms with Gasteiger partial charge in [-0.3, -0.25) is 18.6 Å². The first-order valence-electron chi connectivity index (χ1n) is 20.1. The fraction of sp³-hybridized carbons (Fsp3) is 0.756. The molecule has 0 radical (unpaired) electrons. The van der Waals surface area contributed by atoms with Crippen LogP contribution in [0, 0.1) is 0 Å². The van der Waals surface area contributed by atoms with Gasteiger partial charge in [-0.25, -0.2) is 4.57 Å². The van der Waals surface area contributed by atoms with Crippen molar-refractivity contribution < 1.29 is 37.6 Å². The maximum Gasteiger partial charge on any atom is 0.472 e. The van der Waals surface area contributed by atoms with Gasteiger partial charge in [-0.15, -0.1) is 0 Å². The molecule has 1 unspecified atom stereocenters. The molecule has 0 bridgehead atoms. The van der Waals surface area contributed by atoms with Crippen molar-refractivity contribution in [2.24, 2.45) is 5.73 Å². The minimum atomic E-state index is -4.39. The van der Waals surface area contributed by atoms with Gasteiger partial charge in [0.25, 0.3) is 0 Å². The molecule has 0 aliphatic heterocycles. The first kappa shape index (κ1) is 49.0. The van der Waals surface area contributed by atoms with E-state index in [1.54, 1.807) is 0 Å². The SMILES string of the molecule is CCCCCCCC/C=C\C/C=C\CCCCC(=O)OC[C@H](COP(=O)(O)OCCN)OC(=O)CCCC/C=C\C/C=C\CCCCCCCC. The number of rotatable bonds is 37. The topological polar surface area (TPSA) is 134 Å². The average molecular weight is 740 g/mol. The van der Waals surface area contributed by atoms with Gasteiger partial charge in [0.2, 0.25) is 0 Å². The molecular formula is C41H74NO8P. The Hall–Kier alpha value is -2.03. The summed E-state index contributed by atoms with van der Waals surface area (Å²) in [5, 5.41) is 0. The highest BCUT2D eigenvalue weighted by Gasteiger charge is 2.25. The minimum Gasteiger partial charge on any atom is -0.462 e. The largest absolute Gasteiger partial charge is 0.472 e. The van der Waals surface area contributed by atoms with E-state index < -0.39 is 32.5 Å². The zero-order valence-electron chi connectivity index (χ0n) is 32.3. The quantitative estimate of drug-likeness (QED) is 0.0276. The van der Waals surface area contributed by atoms with Gasteiger partial charge in [0.15, 0.2) is 6.10 Å². The van der Waals surface area contributed by atoms with Crippen LogP contribution in [-0.4, -0.2) is 49.3 Å². The molecular weight excluding hydrogens is 665 g/mol. The van der Waals surface area contributed by atoms with Gasteiger partial charge in [-0.2, -0.15) is 0 Å². The lowest BCUT2D eigenvalue weighted by atomic mass is 10.1. The molecule has 0 fully saturated rings. The smallest absolute Gasteiger partial charge is 0.462 e. The van der Waals surface area contributed by atoms with E-state index in [4.69, 9.17) is 24.3 Å². The van der Waals surface area contributed by atoms with E-state index in [-0.39, 0.29) is 32.6 Å². The Labute approximate surface area is 311 Å². The number of phosphoric ester groups is 1. The van der Waals surface area contributed by atoms with Gasteiger partial charge in [0.1, 0.15) is 6.61 Å². The Kier molecular flexibility index (Phi) is 36.2. The van der Waals surface area contributed by atoms with Crippen LogP contribution < -0.4 is 5.73 Å². The predicted octanol–water partition coefficient (Wildman–Crippen LogP) is 11.2. The Morgan fingerprint density at radius 1 is 0.588 bits per heavy atom. The number of phosphoric acid groups is 1. The van der Waals surface area contributed by atoms with Crippen LogP contribution >= 0.6 is 7.82 Å². The highest BCUT2D eigenvalue weighted by Crippen LogP contribution is 2.43. The molecule has 0 aliphatic carbocycles. The van der Waals surface area contributed by atoms with Crippen molar-refractivity contribution in [1.29, 1.82) is 0 Å². The maximum absolute atomic E-state index is 12.5. The molecule has 0 aromatic rings. The van der Waals surface area contributed by atoms with E-state index >= 15 is 0 Å². The normalized spacial score (nSPS) is 13.9. The van der Waals surface area contributed by atoms with Crippen LogP contribution in [0.5, 0.6) is 0 Å². The van der Waals surface area contributed by atoms with Gasteiger partial charge in [0.05, 0.1) is 13.2 Å². The third-order valence-corrected chi connectivity index (χ3v) is 9.17. The number of hydrogen-bond donors (Lipinski definition) is 2. The van der Waals surface area contributed by atoms with E-state index in [0.29, 0.717) is 12.8 Å². The van der Waals surface area contributed by atoms with E-state index in [0.717, 1.165) is 51.4 Å². The van der Waals surface area contributed by atoms with Crippen LogP contribution in [0.15, 0.2) is 48.6 Å². The molecule has 0 aromatic carbocycles. The van der Waals surface area contributed by atoms with E-state index in [2.05, 4.69) is 62.5 Å². The van der Waals surface area contributed by atoms with Crippen molar-refractivity contribution >= 4 is 19.8 Å². The minimum absolute atomic E-state index is 0.0429. The number of esters is 2. The van der Waals surface area contributed by atoms with Gasteiger partial charge < -0.3 is 20.1 Å². The molecule has 0 rings (SSSR count). The molecule has 0 aliphatic rings. The van der Waals surface area contributed by atoms with Crippen molar-refractivity contribution in [3.63, 3.8) is 0 Å². The Morgan fingerprint density at radius 3 is 1.49 bits per heavy atom. The number of ether oxygens (including phenoxy) is 2. The fourth-order valence-corrected chi connectivity index (χ4v) is 5.93. The molecule has 3 N–H and O–H groups in total. The Balaban J connectivity index is 4.32. The lowest BCUT2D eigenvalue weighted by Gasteiger charge is -2.19. The molecule has 296 valence electrons. The first-order valence-corrected chi connectivity index (χ1v) is 21.6. The third kappa shape index (κ3) is 37.5. The summed E-state index contributed by atoms with van der Waals surface area (Å²) in [6.07, 6.45) is 41.5. The van der Waals surface area contributed by atoms with Gasteiger partial charge >= 0.3 is 19.8 Å². The summed E-state index contributed by atoms with van der Waals surface area (Å²) in [7, 11) is -4.39. The summed E-state index contributed by atoms with van der Waals surface area (Å²) in [6, 6.07) is 0. The maximum atomic E-state index is 12.5. The third-order valence-electron chi connectivity index (χ3n) is 8.19.